The molecule has 1 fully saturated rings. The van der Waals surface area contributed by atoms with Gasteiger partial charge in [-0.3, -0.25) is 9.78 Å². The first kappa shape index (κ1) is 15.7. The second-order valence-electron chi connectivity index (χ2n) is 6.36. The third kappa shape index (κ3) is 3.61. The van der Waals surface area contributed by atoms with Gasteiger partial charge < -0.3 is 4.74 Å². The molecule has 23 heavy (non-hydrogen) atoms. The van der Waals surface area contributed by atoms with Gasteiger partial charge in [-0.15, -0.1) is 0 Å². The number of hydrogen-bond donors (Lipinski definition) is 0. The van der Waals surface area contributed by atoms with Crippen molar-refractivity contribution in [1.82, 2.24) is 4.98 Å². The molecule has 0 aliphatic heterocycles. The van der Waals surface area contributed by atoms with Crippen LogP contribution in [0.1, 0.15) is 53.1 Å². The van der Waals surface area contributed by atoms with Crippen LogP contribution < -0.4 is 4.74 Å². The normalized spacial score (nSPS) is 20.9. The fraction of sp³-hybridized carbons (Fsp3) is 0.400. The minimum atomic E-state index is 0.492. The topological polar surface area (TPSA) is 39.2 Å². The number of benzene rings is 1. The molecule has 0 spiro atoms. The summed E-state index contributed by atoms with van der Waals surface area (Å²) in [5, 5.41) is 0. The lowest BCUT2D eigenvalue weighted by atomic mass is 9.76. The van der Waals surface area contributed by atoms with Crippen molar-refractivity contribution >= 4 is 6.29 Å². The maximum atomic E-state index is 11.3. The highest BCUT2D eigenvalue weighted by Gasteiger charge is 2.27. The highest BCUT2D eigenvalue weighted by Crippen LogP contribution is 2.38. The largest absolute Gasteiger partial charge is 0.491 e. The summed E-state index contributed by atoms with van der Waals surface area (Å²) in [5.74, 6) is 1.64. The van der Waals surface area contributed by atoms with Crippen molar-refractivity contribution in [2.45, 2.75) is 38.5 Å². The third-order valence-electron chi connectivity index (χ3n) is 4.86. The summed E-state index contributed by atoms with van der Waals surface area (Å²) in [6, 6.07) is 10.7. The van der Waals surface area contributed by atoms with E-state index < -0.39 is 0 Å². The van der Waals surface area contributed by atoms with Gasteiger partial charge in [-0.05, 0) is 42.7 Å². The van der Waals surface area contributed by atoms with Gasteiger partial charge in [-0.25, -0.2) is 0 Å². The van der Waals surface area contributed by atoms with Crippen molar-refractivity contribution in [3.63, 3.8) is 0 Å². The number of aromatic nitrogens is 1. The third-order valence-corrected chi connectivity index (χ3v) is 4.86. The Morgan fingerprint density at radius 3 is 2.74 bits per heavy atom. The van der Waals surface area contributed by atoms with Gasteiger partial charge in [0.15, 0.2) is 6.29 Å². The molecule has 0 N–H and O–H groups in total. The number of aryl methyl sites for hydroxylation is 1. The monoisotopic (exact) mass is 309 g/mol. The van der Waals surface area contributed by atoms with E-state index in [2.05, 4.69) is 35.3 Å². The molecule has 1 aromatic carbocycles. The van der Waals surface area contributed by atoms with Crippen LogP contribution in [-0.2, 0) is 0 Å². The molecule has 0 amide bonds. The molecular formula is C20H23NO2. The Balaban J connectivity index is 1.73. The fourth-order valence-corrected chi connectivity index (χ4v) is 3.56. The first-order chi connectivity index (χ1) is 11.3. The molecule has 1 aliphatic rings. The minimum Gasteiger partial charge on any atom is -0.491 e. The molecule has 3 heteroatoms. The number of carbonyl (C=O) groups is 1. The Morgan fingerprint density at radius 1 is 1.17 bits per heavy atom. The van der Waals surface area contributed by atoms with Crippen LogP contribution in [0, 0.1) is 12.8 Å². The molecule has 0 radical (unpaired) electrons. The quantitative estimate of drug-likeness (QED) is 0.760. The molecule has 1 heterocycles. The van der Waals surface area contributed by atoms with Crippen LogP contribution in [0.3, 0.4) is 0 Å². The van der Waals surface area contributed by atoms with Crippen molar-refractivity contribution in [2.75, 3.05) is 6.61 Å². The lowest BCUT2D eigenvalue weighted by Crippen LogP contribution is -2.24. The first-order valence-corrected chi connectivity index (χ1v) is 8.37. The Hall–Kier alpha value is -2.16. The van der Waals surface area contributed by atoms with E-state index in [9.17, 15) is 4.79 Å². The van der Waals surface area contributed by atoms with Gasteiger partial charge in [0.2, 0.25) is 0 Å². The van der Waals surface area contributed by atoms with E-state index in [1.165, 1.54) is 31.2 Å². The van der Waals surface area contributed by atoms with Gasteiger partial charge >= 0.3 is 0 Å². The molecule has 0 saturated heterocycles. The number of hydrogen-bond acceptors (Lipinski definition) is 3. The Labute approximate surface area is 137 Å². The van der Waals surface area contributed by atoms with E-state index in [0.29, 0.717) is 29.8 Å². The van der Waals surface area contributed by atoms with Crippen LogP contribution in [0.15, 0.2) is 42.7 Å². The molecule has 2 atom stereocenters. The lowest BCUT2D eigenvalue weighted by Gasteiger charge is -2.32. The minimum absolute atomic E-state index is 0.492. The lowest BCUT2D eigenvalue weighted by molar-refractivity contribution is 0.111. The van der Waals surface area contributed by atoms with Crippen molar-refractivity contribution in [1.29, 1.82) is 0 Å². The number of pyridine rings is 1. The number of nitrogens with zero attached hydrogens (tertiary/aromatic N) is 1. The number of aldehydes is 1. The number of rotatable bonds is 5. The highest BCUT2D eigenvalue weighted by molar-refractivity contribution is 5.81. The summed E-state index contributed by atoms with van der Waals surface area (Å²) in [7, 11) is 0. The second kappa shape index (κ2) is 7.40. The van der Waals surface area contributed by atoms with Crippen LogP contribution in [-0.4, -0.2) is 17.9 Å². The maximum Gasteiger partial charge on any atom is 0.154 e. The maximum absolute atomic E-state index is 11.3. The Morgan fingerprint density at radius 2 is 1.96 bits per heavy atom. The van der Waals surface area contributed by atoms with Crippen molar-refractivity contribution < 1.29 is 9.53 Å². The van der Waals surface area contributed by atoms with E-state index >= 15 is 0 Å². The predicted molar refractivity (Wildman–Crippen MR) is 91.0 cm³/mol. The summed E-state index contributed by atoms with van der Waals surface area (Å²) < 4.78 is 6.01. The average Bonchev–Trinajstić information content (AvgIpc) is 2.61. The summed E-state index contributed by atoms with van der Waals surface area (Å²) >= 11 is 0. The molecule has 120 valence electrons. The van der Waals surface area contributed by atoms with Crippen LogP contribution in [0.25, 0.3) is 0 Å². The van der Waals surface area contributed by atoms with E-state index in [-0.39, 0.29) is 0 Å². The van der Waals surface area contributed by atoms with Crippen LogP contribution >= 0.6 is 0 Å². The molecular weight excluding hydrogens is 286 g/mol. The molecule has 2 unspecified atom stereocenters. The van der Waals surface area contributed by atoms with Gasteiger partial charge in [0, 0.05) is 6.20 Å². The van der Waals surface area contributed by atoms with E-state index in [0.717, 1.165) is 11.8 Å². The van der Waals surface area contributed by atoms with Crippen LogP contribution in [0.2, 0.25) is 0 Å². The highest BCUT2D eigenvalue weighted by atomic mass is 16.5. The Bertz CT molecular complexity index is 654. The summed E-state index contributed by atoms with van der Waals surface area (Å²) in [5.41, 5.74) is 2.88. The van der Waals surface area contributed by atoms with Gasteiger partial charge in [-0.1, -0.05) is 43.2 Å². The molecule has 1 aromatic heterocycles. The summed E-state index contributed by atoms with van der Waals surface area (Å²) in [6.45, 7) is 2.53. The van der Waals surface area contributed by atoms with E-state index in [1.54, 1.807) is 12.4 Å². The van der Waals surface area contributed by atoms with Crippen LogP contribution in [0.4, 0.5) is 0 Å². The van der Waals surface area contributed by atoms with Crippen molar-refractivity contribution in [3.05, 3.63) is 59.4 Å². The van der Waals surface area contributed by atoms with Crippen LogP contribution in [0.5, 0.6) is 5.75 Å². The van der Waals surface area contributed by atoms with Crippen molar-refractivity contribution in [2.24, 2.45) is 5.92 Å². The zero-order valence-electron chi connectivity index (χ0n) is 13.6. The van der Waals surface area contributed by atoms with Crippen molar-refractivity contribution in [3.8, 4) is 5.75 Å². The van der Waals surface area contributed by atoms with Gasteiger partial charge in [0.05, 0.1) is 18.4 Å². The first-order valence-electron chi connectivity index (χ1n) is 8.37. The number of ether oxygens (including phenoxy) is 1. The SMILES string of the molecule is Cc1cncc(OCC2CCCCC2c2ccccc2)c1C=O. The smallest absolute Gasteiger partial charge is 0.154 e. The predicted octanol–water partition coefficient (Wildman–Crippen LogP) is 4.56. The average molecular weight is 309 g/mol. The molecule has 3 rings (SSSR count). The zero-order chi connectivity index (χ0) is 16.1. The van der Waals surface area contributed by atoms with E-state index in [1.807, 2.05) is 6.92 Å². The Kier molecular flexibility index (Phi) is 5.06. The summed E-state index contributed by atoms with van der Waals surface area (Å²) in [4.78, 5) is 15.4. The molecule has 0 bridgehead atoms. The molecule has 1 aliphatic carbocycles. The molecule has 3 nitrogen and oxygen atoms in total. The summed E-state index contributed by atoms with van der Waals surface area (Å²) in [6.07, 6.45) is 9.13. The fourth-order valence-electron chi connectivity index (χ4n) is 3.56. The van der Waals surface area contributed by atoms with E-state index in [4.69, 9.17) is 4.74 Å². The second-order valence-corrected chi connectivity index (χ2v) is 6.36. The number of carbonyl (C=O) groups excluding carboxylic acids is 1. The molecule has 1 saturated carbocycles. The van der Waals surface area contributed by atoms with Gasteiger partial charge in [0.1, 0.15) is 5.75 Å². The molecule has 2 aromatic rings. The zero-order valence-corrected chi connectivity index (χ0v) is 13.6. The standard InChI is InChI=1S/C20H23NO2/c1-15-11-21-12-20(19(15)13-22)23-14-17-9-5-6-10-18(17)16-7-3-2-4-8-16/h2-4,7-8,11-13,17-18H,5-6,9-10,14H2,1H3. The van der Waals surface area contributed by atoms with Gasteiger partial charge in [0.25, 0.3) is 0 Å². The van der Waals surface area contributed by atoms with Gasteiger partial charge in [-0.2, -0.15) is 0 Å².